The van der Waals surface area contributed by atoms with E-state index in [0.29, 0.717) is 34.3 Å². The molecule has 0 atom stereocenters. The van der Waals surface area contributed by atoms with E-state index in [1.807, 2.05) is 6.07 Å². The first-order valence-corrected chi connectivity index (χ1v) is 12.2. The van der Waals surface area contributed by atoms with Crippen molar-refractivity contribution in [1.29, 1.82) is 0 Å². The Morgan fingerprint density at radius 1 is 1.07 bits per heavy atom. The Labute approximate surface area is 178 Å². The minimum atomic E-state index is -3.52. The number of nitrogens with one attached hydrogen (secondary N) is 1. The van der Waals surface area contributed by atoms with Crippen molar-refractivity contribution in [3.05, 3.63) is 64.7 Å². The molecule has 0 aliphatic heterocycles. The molecule has 7 heteroatoms. The molecule has 0 heterocycles. The molecule has 1 aliphatic carbocycles. The van der Waals surface area contributed by atoms with Crippen LogP contribution < -0.4 is 9.62 Å². The summed E-state index contributed by atoms with van der Waals surface area (Å²) >= 11 is 6.20. The summed E-state index contributed by atoms with van der Waals surface area (Å²) in [5.74, 6) is 0.433. The quantitative estimate of drug-likeness (QED) is 0.691. The standard InChI is InChI=1S/C22H27ClN2O3S/c1-29(27,28)25(16-19-9-5-6-10-21(19)23)20-13-11-18(12-14-20)22(26)24-15-17-7-3-2-4-8-17/h5-6,9-14,17H,2-4,7-8,15-16H2,1H3,(H,24,26). The van der Waals surface area contributed by atoms with Crippen LogP contribution in [0.5, 0.6) is 0 Å². The molecule has 0 spiro atoms. The zero-order chi connectivity index (χ0) is 20.9. The van der Waals surface area contributed by atoms with Crippen LogP contribution in [0.15, 0.2) is 48.5 Å². The minimum Gasteiger partial charge on any atom is -0.352 e. The van der Waals surface area contributed by atoms with Crippen LogP contribution in [-0.4, -0.2) is 27.1 Å². The van der Waals surface area contributed by atoms with Crippen LogP contribution in [0.4, 0.5) is 5.69 Å². The predicted octanol–water partition coefficient (Wildman–Crippen LogP) is 4.62. The first-order chi connectivity index (χ1) is 13.8. The molecular formula is C22H27ClN2O3S. The van der Waals surface area contributed by atoms with E-state index in [2.05, 4.69) is 5.32 Å². The Morgan fingerprint density at radius 2 is 1.72 bits per heavy atom. The molecule has 1 N–H and O–H groups in total. The van der Waals surface area contributed by atoms with E-state index in [-0.39, 0.29) is 12.5 Å². The van der Waals surface area contributed by atoms with Crippen molar-refractivity contribution in [3.8, 4) is 0 Å². The summed E-state index contributed by atoms with van der Waals surface area (Å²) in [5, 5.41) is 3.52. The van der Waals surface area contributed by atoms with Crippen LogP contribution in [-0.2, 0) is 16.6 Å². The molecule has 1 saturated carbocycles. The smallest absolute Gasteiger partial charge is 0.251 e. The normalized spacial score (nSPS) is 15.1. The van der Waals surface area contributed by atoms with Gasteiger partial charge in [0.1, 0.15) is 0 Å². The van der Waals surface area contributed by atoms with Crippen LogP contribution >= 0.6 is 11.6 Å². The summed E-state index contributed by atoms with van der Waals surface area (Å²) in [6.45, 7) is 0.828. The Kier molecular flexibility index (Phi) is 7.19. The van der Waals surface area contributed by atoms with Crippen molar-refractivity contribution < 1.29 is 13.2 Å². The Morgan fingerprint density at radius 3 is 2.34 bits per heavy atom. The lowest BCUT2D eigenvalue weighted by Crippen LogP contribution is -2.31. The molecular weight excluding hydrogens is 408 g/mol. The number of hydrogen-bond acceptors (Lipinski definition) is 3. The summed E-state index contributed by atoms with van der Waals surface area (Å²) in [7, 11) is -3.52. The van der Waals surface area contributed by atoms with Gasteiger partial charge in [0.2, 0.25) is 10.0 Å². The Hall–Kier alpha value is -2.05. The van der Waals surface area contributed by atoms with Crippen LogP contribution in [0.3, 0.4) is 0 Å². The molecule has 0 aromatic heterocycles. The predicted molar refractivity (Wildman–Crippen MR) is 118 cm³/mol. The first-order valence-electron chi connectivity index (χ1n) is 9.94. The molecule has 2 aromatic carbocycles. The number of amides is 1. The third-order valence-electron chi connectivity index (χ3n) is 5.37. The number of sulfonamides is 1. The van der Waals surface area contributed by atoms with E-state index in [4.69, 9.17) is 11.6 Å². The molecule has 1 fully saturated rings. The van der Waals surface area contributed by atoms with Gasteiger partial charge < -0.3 is 5.32 Å². The summed E-state index contributed by atoms with van der Waals surface area (Å²) in [6, 6.07) is 13.8. The highest BCUT2D eigenvalue weighted by atomic mass is 35.5. The van der Waals surface area contributed by atoms with Crippen molar-refractivity contribution in [3.63, 3.8) is 0 Å². The van der Waals surface area contributed by atoms with E-state index in [0.717, 1.165) is 6.26 Å². The number of rotatable bonds is 7. The van der Waals surface area contributed by atoms with E-state index in [1.54, 1.807) is 42.5 Å². The number of carbonyl (C=O) groups is 1. The molecule has 1 aliphatic rings. The van der Waals surface area contributed by atoms with Crippen LogP contribution in [0.1, 0.15) is 48.0 Å². The van der Waals surface area contributed by atoms with Gasteiger partial charge in [-0.05, 0) is 54.7 Å². The lowest BCUT2D eigenvalue weighted by Gasteiger charge is -2.23. The van der Waals surface area contributed by atoms with Gasteiger partial charge in [0.25, 0.3) is 5.91 Å². The largest absolute Gasteiger partial charge is 0.352 e. The lowest BCUT2D eigenvalue weighted by molar-refractivity contribution is 0.0943. The van der Waals surface area contributed by atoms with Crippen molar-refractivity contribution in [1.82, 2.24) is 5.32 Å². The van der Waals surface area contributed by atoms with E-state index in [1.165, 1.54) is 36.4 Å². The zero-order valence-corrected chi connectivity index (χ0v) is 18.2. The van der Waals surface area contributed by atoms with E-state index in [9.17, 15) is 13.2 Å². The fraction of sp³-hybridized carbons (Fsp3) is 0.409. The summed E-state index contributed by atoms with van der Waals surface area (Å²) < 4.78 is 26.0. The number of benzene rings is 2. The molecule has 1 amide bonds. The monoisotopic (exact) mass is 434 g/mol. The third-order valence-corrected chi connectivity index (χ3v) is 6.87. The average Bonchev–Trinajstić information content (AvgIpc) is 2.71. The van der Waals surface area contributed by atoms with Gasteiger partial charge in [-0.25, -0.2) is 8.42 Å². The van der Waals surface area contributed by atoms with Crippen LogP contribution in [0.25, 0.3) is 0 Å². The SMILES string of the molecule is CS(=O)(=O)N(Cc1ccccc1Cl)c1ccc(C(=O)NCC2CCCCC2)cc1. The van der Waals surface area contributed by atoms with Gasteiger partial charge in [0, 0.05) is 17.1 Å². The molecule has 156 valence electrons. The van der Waals surface area contributed by atoms with Crippen molar-refractivity contribution in [2.75, 3.05) is 17.1 Å². The van der Waals surface area contributed by atoms with E-state index >= 15 is 0 Å². The number of anilines is 1. The van der Waals surface area contributed by atoms with Gasteiger partial charge in [0.05, 0.1) is 18.5 Å². The molecule has 3 rings (SSSR count). The summed E-state index contributed by atoms with van der Waals surface area (Å²) in [5.41, 5.74) is 1.74. The molecule has 0 radical (unpaired) electrons. The molecule has 0 unspecified atom stereocenters. The van der Waals surface area contributed by atoms with Gasteiger partial charge in [-0.1, -0.05) is 49.1 Å². The van der Waals surface area contributed by atoms with Gasteiger partial charge in [-0.2, -0.15) is 0 Å². The van der Waals surface area contributed by atoms with Crippen LogP contribution in [0.2, 0.25) is 5.02 Å². The van der Waals surface area contributed by atoms with Gasteiger partial charge in [0.15, 0.2) is 0 Å². The van der Waals surface area contributed by atoms with Crippen molar-refractivity contribution in [2.45, 2.75) is 38.6 Å². The molecule has 0 saturated heterocycles. The number of hydrogen-bond donors (Lipinski definition) is 1. The molecule has 29 heavy (non-hydrogen) atoms. The maximum Gasteiger partial charge on any atom is 0.251 e. The zero-order valence-electron chi connectivity index (χ0n) is 16.6. The summed E-state index contributed by atoms with van der Waals surface area (Å²) in [6.07, 6.45) is 7.27. The fourth-order valence-corrected chi connectivity index (χ4v) is 4.76. The third kappa shape index (κ3) is 5.97. The molecule has 0 bridgehead atoms. The molecule has 5 nitrogen and oxygen atoms in total. The van der Waals surface area contributed by atoms with E-state index < -0.39 is 10.0 Å². The maximum atomic E-state index is 12.4. The number of halogens is 1. The number of carbonyl (C=O) groups excluding carboxylic acids is 1. The summed E-state index contributed by atoms with van der Waals surface area (Å²) in [4.78, 5) is 12.4. The second-order valence-electron chi connectivity index (χ2n) is 7.62. The first kappa shape index (κ1) is 21.7. The highest BCUT2D eigenvalue weighted by molar-refractivity contribution is 7.92. The van der Waals surface area contributed by atoms with Gasteiger partial charge in [-0.15, -0.1) is 0 Å². The average molecular weight is 435 g/mol. The lowest BCUT2D eigenvalue weighted by atomic mass is 9.89. The highest BCUT2D eigenvalue weighted by Gasteiger charge is 2.20. The van der Waals surface area contributed by atoms with Gasteiger partial charge >= 0.3 is 0 Å². The maximum absolute atomic E-state index is 12.4. The fourth-order valence-electron chi connectivity index (χ4n) is 3.69. The second kappa shape index (κ2) is 9.63. The minimum absolute atomic E-state index is 0.126. The Bertz CT molecular complexity index is 939. The van der Waals surface area contributed by atoms with Crippen molar-refractivity contribution >= 4 is 33.2 Å². The topological polar surface area (TPSA) is 66.5 Å². The second-order valence-corrected chi connectivity index (χ2v) is 9.94. The Balaban J connectivity index is 1.70. The highest BCUT2D eigenvalue weighted by Crippen LogP contribution is 2.25. The number of nitrogens with zero attached hydrogens (tertiary/aromatic N) is 1. The van der Waals surface area contributed by atoms with Gasteiger partial charge in [-0.3, -0.25) is 9.10 Å². The van der Waals surface area contributed by atoms with Crippen molar-refractivity contribution in [2.24, 2.45) is 5.92 Å². The molecule has 2 aromatic rings. The van der Waals surface area contributed by atoms with Crippen LogP contribution in [0, 0.1) is 5.92 Å².